The molecule has 0 atom stereocenters. The number of carbonyl (C=O) groups excluding carboxylic acids is 1. The third-order valence-electron chi connectivity index (χ3n) is 6.73. The average Bonchev–Trinajstić information content (AvgIpc) is 3.46. The van der Waals surface area contributed by atoms with Crippen LogP contribution in [0.5, 0.6) is 5.75 Å². The van der Waals surface area contributed by atoms with Crippen molar-refractivity contribution >= 4 is 55.5 Å². The second kappa shape index (κ2) is 10.1. The maximum absolute atomic E-state index is 13.0. The van der Waals surface area contributed by atoms with Gasteiger partial charge in [0.1, 0.15) is 9.96 Å². The number of nitrogens with one attached hydrogen (secondary N) is 2. The average molecular weight is 559 g/mol. The van der Waals surface area contributed by atoms with Crippen molar-refractivity contribution in [2.24, 2.45) is 0 Å². The molecule has 1 aliphatic carbocycles. The van der Waals surface area contributed by atoms with Gasteiger partial charge in [-0.2, -0.15) is 5.10 Å². The smallest absolute Gasteiger partial charge is 0.272 e. The van der Waals surface area contributed by atoms with Crippen LogP contribution in [0.1, 0.15) is 30.4 Å². The highest BCUT2D eigenvalue weighted by Gasteiger charge is 2.47. The summed E-state index contributed by atoms with van der Waals surface area (Å²) in [6.07, 6.45) is 2.97. The fourth-order valence-electron chi connectivity index (χ4n) is 4.53. The lowest BCUT2D eigenvalue weighted by molar-refractivity contribution is -0.121. The molecule has 2 heterocycles. The molecular weight excluding hydrogens is 532 g/mol. The van der Waals surface area contributed by atoms with Crippen molar-refractivity contribution in [2.75, 3.05) is 18.9 Å². The summed E-state index contributed by atoms with van der Waals surface area (Å²) in [5.74, 6) is 0.950. The first kappa shape index (κ1) is 25.7. The lowest BCUT2D eigenvalue weighted by atomic mass is 10.0. The first-order chi connectivity index (χ1) is 17.7. The maximum Gasteiger partial charge on any atom is 0.272 e. The van der Waals surface area contributed by atoms with Gasteiger partial charge in [-0.3, -0.25) is 14.2 Å². The van der Waals surface area contributed by atoms with Crippen molar-refractivity contribution in [3.63, 3.8) is 0 Å². The summed E-state index contributed by atoms with van der Waals surface area (Å²) in [5.41, 5.74) is 2.48. The summed E-state index contributed by atoms with van der Waals surface area (Å²) in [6, 6.07) is 16.5. The van der Waals surface area contributed by atoms with Crippen LogP contribution in [0.25, 0.3) is 10.9 Å². The van der Waals surface area contributed by atoms with Crippen LogP contribution >= 0.6 is 22.9 Å². The number of halogens is 1. The predicted octanol–water partition coefficient (Wildman–Crippen LogP) is 4.86. The van der Waals surface area contributed by atoms with Gasteiger partial charge in [0, 0.05) is 6.42 Å². The Kier molecular flexibility index (Phi) is 7.01. The summed E-state index contributed by atoms with van der Waals surface area (Å²) < 4.78 is 36.4. The molecule has 0 amide bonds. The number of ketones is 1. The van der Waals surface area contributed by atoms with E-state index < -0.39 is 10.0 Å². The van der Waals surface area contributed by atoms with E-state index in [1.807, 2.05) is 37.4 Å². The van der Waals surface area contributed by atoms with Crippen LogP contribution in [0.2, 0.25) is 4.34 Å². The lowest BCUT2D eigenvalue weighted by Gasteiger charge is -2.12. The third-order valence-corrected chi connectivity index (χ3v) is 9.79. The molecule has 4 aromatic rings. The highest BCUT2D eigenvalue weighted by atomic mass is 35.5. The van der Waals surface area contributed by atoms with Crippen molar-refractivity contribution < 1.29 is 17.9 Å². The van der Waals surface area contributed by atoms with Crippen LogP contribution in [0.15, 0.2) is 58.8 Å². The quantitative estimate of drug-likeness (QED) is 0.272. The van der Waals surface area contributed by atoms with Crippen LogP contribution in [0, 0.1) is 0 Å². The fraction of sp³-hybridized carbons (Fsp3) is 0.308. The molecule has 5 rings (SSSR count). The molecule has 11 heteroatoms. The van der Waals surface area contributed by atoms with Gasteiger partial charge in [0.25, 0.3) is 10.0 Å². The Balaban J connectivity index is 1.42. The predicted molar refractivity (Wildman–Crippen MR) is 146 cm³/mol. The van der Waals surface area contributed by atoms with Crippen LogP contribution in [0.3, 0.4) is 0 Å². The number of hydrogen-bond donors (Lipinski definition) is 2. The van der Waals surface area contributed by atoms with Crippen LogP contribution in [-0.2, 0) is 27.8 Å². The molecule has 1 fully saturated rings. The SMILES string of the molecule is CNC1(C(=O)CCc2cccc(Cn3nc(NS(=O)(=O)c4ccc(Cl)s4)c4c(OC)cccc43)c2)CC1. The number of aromatic nitrogens is 2. The number of nitrogens with zero attached hydrogens (tertiary/aromatic N) is 2. The summed E-state index contributed by atoms with van der Waals surface area (Å²) >= 11 is 6.93. The van der Waals surface area contributed by atoms with Crippen molar-refractivity contribution in [1.82, 2.24) is 15.1 Å². The molecule has 37 heavy (non-hydrogen) atoms. The van der Waals surface area contributed by atoms with E-state index in [1.165, 1.54) is 13.2 Å². The Bertz CT molecular complexity index is 1570. The maximum atomic E-state index is 13.0. The summed E-state index contributed by atoms with van der Waals surface area (Å²) in [4.78, 5) is 12.6. The fourth-order valence-corrected chi connectivity index (χ4v) is 7.02. The number of ether oxygens (including phenoxy) is 1. The molecule has 194 valence electrons. The first-order valence-corrected chi connectivity index (χ1v) is 14.5. The molecule has 0 saturated heterocycles. The molecule has 1 saturated carbocycles. The molecule has 0 aliphatic heterocycles. The van der Waals surface area contributed by atoms with E-state index >= 15 is 0 Å². The summed E-state index contributed by atoms with van der Waals surface area (Å²) in [6.45, 7) is 0.415. The van der Waals surface area contributed by atoms with Crippen molar-refractivity contribution in [1.29, 1.82) is 0 Å². The number of fused-ring (bicyclic) bond motifs is 1. The van der Waals surface area contributed by atoms with Gasteiger partial charge >= 0.3 is 0 Å². The molecule has 0 spiro atoms. The number of sulfonamides is 1. The number of benzene rings is 2. The van der Waals surface area contributed by atoms with Gasteiger partial charge < -0.3 is 10.1 Å². The topological polar surface area (TPSA) is 102 Å². The monoisotopic (exact) mass is 558 g/mol. The minimum Gasteiger partial charge on any atom is -0.496 e. The molecular formula is C26H27ClN4O4S2. The van der Waals surface area contributed by atoms with E-state index in [-0.39, 0.29) is 21.3 Å². The van der Waals surface area contributed by atoms with Crippen LogP contribution in [-0.4, -0.2) is 43.7 Å². The lowest BCUT2D eigenvalue weighted by Crippen LogP contribution is -2.36. The number of carbonyl (C=O) groups is 1. The van der Waals surface area contributed by atoms with Gasteiger partial charge in [0.15, 0.2) is 11.6 Å². The number of likely N-dealkylation sites (N-methyl/N-ethyl adjacent to an activating group) is 1. The zero-order chi connectivity index (χ0) is 26.2. The normalized spacial score (nSPS) is 14.6. The molecule has 2 aromatic carbocycles. The van der Waals surface area contributed by atoms with E-state index in [2.05, 4.69) is 21.2 Å². The van der Waals surface area contributed by atoms with Gasteiger partial charge in [-0.15, -0.1) is 11.3 Å². The number of thiophene rings is 1. The number of anilines is 1. The van der Waals surface area contributed by atoms with Crippen LogP contribution in [0.4, 0.5) is 5.82 Å². The molecule has 1 aliphatic rings. The van der Waals surface area contributed by atoms with E-state index in [1.54, 1.807) is 16.8 Å². The highest BCUT2D eigenvalue weighted by molar-refractivity contribution is 7.94. The van der Waals surface area contributed by atoms with Gasteiger partial charge in [-0.25, -0.2) is 8.42 Å². The zero-order valence-corrected chi connectivity index (χ0v) is 22.8. The highest BCUT2D eigenvalue weighted by Crippen LogP contribution is 2.37. The first-order valence-electron chi connectivity index (χ1n) is 11.9. The Morgan fingerprint density at radius 1 is 1.16 bits per heavy atom. The standard InChI is InChI=1S/C26H27ClN4O4S2/c1-28-26(13-14-26)21(32)10-9-17-5-3-6-18(15-17)16-31-19-7-4-8-20(35-2)24(19)25(29-31)30-37(33,34)23-12-11-22(27)36-23/h3-8,11-12,15,28H,9-10,13-14,16H2,1-2H3,(H,29,30). The number of methoxy groups -OCH3 is 1. The van der Waals surface area contributed by atoms with Crippen molar-refractivity contribution in [3.05, 3.63) is 70.1 Å². The molecule has 0 radical (unpaired) electrons. The molecule has 0 unspecified atom stereocenters. The van der Waals surface area contributed by atoms with Gasteiger partial charge in [0.05, 0.1) is 34.4 Å². The molecule has 8 nitrogen and oxygen atoms in total. The van der Waals surface area contributed by atoms with Crippen LogP contribution < -0.4 is 14.8 Å². The Morgan fingerprint density at radius 2 is 1.92 bits per heavy atom. The summed E-state index contributed by atoms with van der Waals surface area (Å²) in [5, 5.41) is 8.35. The van der Waals surface area contributed by atoms with Gasteiger partial charge in [-0.05, 0) is 61.7 Å². The largest absolute Gasteiger partial charge is 0.496 e. The Hall–Kier alpha value is -2.92. The number of hydrogen-bond acceptors (Lipinski definition) is 7. The second-order valence-electron chi connectivity index (χ2n) is 9.10. The second-order valence-corrected chi connectivity index (χ2v) is 12.7. The van der Waals surface area contributed by atoms with E-state index in [4.69, 9.17) is 16.3 Å². The van der Waals surface area contributed by atoms with Crippen molar-refractivity contribution in [2.45, 2.75) is 42.0 Å². The number of rotatable bonds is 11. The van der Waals surface area contributed by atoms with E-state index in [0.29, 0.717) is 34.9 Å². The van der Waals surface area contributed by atoms with Gasteiger partial charge in [-0.1, -0.05) is 41.9 Å². The molecule has 2 N–H and O–H groups in total. The summed E-state index contributed by atoms with van der Waals surface area (Å²) in [7, 11) is -0.503. The van der Waals surface area contributed by atoms with Gasteiger partial charge in [0.2, 0.25) is 0 Å². The van der Waals surface area contributed by atoms with E-state index in [9.17, 15) is 13.2 Å². The van der Waals surface area contributed by atoms with E-state index in [0.717, 1.165) is 40.8 Å². The minimum atomic E-state index is -3.88. The molecule has 0 bridgehead atoms. The Morgan fingerprint density at radius 3 is 2.59 bits per heavy atom. The molecule has 2 aromatic heterocycles. The number of aryl methyl sites for hydroxylation is 1. The Labute approximate surface area is 224 Å². The minimum absolute atomic E-state index is 0.101. The third kappa shape index (κ3) is 5.24. The number of Topliss-reactive ketones (excluding diaryl/α,β-unsaturated/α-hetero) is 1. The zero-order valence-electron chi connectivity index (χ0n) is 20.5. The van der Waals surface area contributed by atoms with Crippen molar-refractivity contribution in [3.8, 4) is 5.75 Å².